The number of piperazine rings is 1. The summed E-state index contributed by atoms with van der Waals surface area (Å²) < 4.78 is 27.7. The van der Waals surface area contributed by atoms with E-state index in [1.807, 2.05) is 6.07 Å². The molecule has 2 aromatic rings. The third-order valence-corrected chi connectivity index (χ3v) is 7.27. The molecule has 2 aliphatic rings. The number of sulfonamides is 1. The van der Waals surface area contributed by atoms with Crippen LogP contribution in [0.15, 0.2) is 53.4 Å². The normalized spacial score (nSPS) is 18.2. The highest BCUT2D eigenvalue weighted by Crippen LogP contribution is 2.36. The zero-order chi connectivity index (χ0) is 18.1. The van der Waals surface area contributed by atoms with Gasteiger partial charge in [-0.3, -0.25) is 4.31 Å². The zero-order valence-corrected chi connectivity index (χ0v) is 16.0. The van der Waals surface area contributed by atoms with Gasteiger partial charge < -0.3 is 9.80 Å². The van der Waals surface area contributed by atoms with Crippen molar-refractivity contribution in [1.29, 1.82) is 0 Å². The fourth-order valence-corrected chi connectivity index (χ4v) is 5.34. The monoisotopic (exact) mass is 371 g/mol. The van der Waals surface area contributed by atoms with Crippen molar-refractivity contribution in [2.45, 2.75) is 18.2 Å². The van der Waals surface area contributed by atoms with Crippen LogP contribution in [0, 0.1) is 0 Å². The van der Waals surface area contributed by atoms with Crippen molar-refractivity contribution in [3.8, 4) is 0 Å². The zero-order valence-electron chi connectivity index (χ0n) is 15.1. The van der Waals surface area contributed by atoms with Crippen molar-refractivity contribution in [3.05, 3.63) is 54.1 Å². The molecule has 0 aliphatic carbocycles. The summed E-state index contributed by atoms with van der Waals surface area (Å²) in [4.78, 5) is 5.16. The molecule has 0 N–H and O–H groups in total. The number of rotatable bonds is 4. The Morgan fingerprint density at radius 3 is 2.35 bits per heavy atom. The SMILES string of the molecule is CCN1CCN(c2ccc3c(c2)N(S(=O)(=O)c2ccccc2)CC3)CC1. The highest BCUT2D eigenvalue weighted by Gasteiger charge is 2.31. The first kappa shape index (κ1) is 17.4. The molecule has 2 aromatic carbocycles. The van der Waals surface area contributed by atoms with Crippen LogP contribution in [0.3, 0.4) is 0 Å². The highest BCUT2D eigenvalue weighted by atomic mass is 32.2. The smallest absolute Gasteiger partial charge is 0.264 e. The Morgan fingerprint density at radius 2 is 1.65 bits per heavy atom. The molecule has 1 saturated heterocycles. The van der Waals surface area contributed by atoms with Crippen LogP contribution < -0.4 is 9.21 Å². The molecular formula is C20H25N3O2S. The van der Waals surface area contributed by atoms with Crippen molar-refractivity contribution in [1.82, 2.24) is 4.90 Å². The highest BCUT2D eigenvalue weighted by molar-refractivity contribution is 7.92. The second kappa shape index (κ2) is 6.93. The summed E-state index contributed by atoms with van der Waals surface area (Å²) in [5, 5.41) is 0. The van der Waals surface area contributed by atoms with E-state index < -0.39 is 10.0 Å². The lowest BCUT2D eigenvalue weighted by Crippen LogP contribution is -2.46. The summed E-state index contributed by atoms with van der Waals surface area (Å²) in [6, 6.07) is 15.0. The molecule has 0 spiro atoms. The van der Waals surface area contributed by atoms with Gasteiger partial charge in [0.25, 0.3) is 10.0 Å². The number of hydrogen-bond donors (Lipinski definition) is 0. The number of fused-ring (bicyclic) bond motifs is 1. The van der Waals surface area contributed by atoms with Gasteiger partial charge in [-0.1, -0.05) is 31.2 Å². The summed E-state index contributed by atoms with van der Waals surface area (Å²) in [7, 11) is -3.51. The van der Waals surface area contributed by atoms with E-state index >= 15 is 0 Å². The van der Waals surface area contributed by atoms with Crippen LogP contribution in [0.2, 0.25) is 0 Å². The molecule has 138 valence electrons. The molecule has 0 aromatic heterocycles. The molecule has 4 rings (SSSR count). The van der Waals surface area contributed by atoms with Crippen molar-refractivity contribution in [2.24, 2.45) is 0 Å². The Morgan fingerprint density at radius 1 is 0.923 bits per heavy atom. The van der Waals surface area contributed by atoms with Gasteiger partial charge in [-0.05, 0) is 42.8 Å². The minimum absolute atomic E-state index is 0.356. The summed E-state index contributed by atoms with van der Waals surface area (Å²) in [6.07, 6.45) is 0.769. The Hall–Kier alpha value is -2.05. The first-order valence-electron chi connectivity index (χ1n) is 9.27. The summed E-state index contributed by atoms with van der Waals surface area (Å²) in [6.45, 7) is 7.87. The van der Waals surface area contributed by atoms with Crippen LogP contribution >= 0.6 is 0 Å². The molecule has 0 unspecified atom stereocenters. The van der Waals surface area contributed by atoms with Crippen LogP contribution in [0.5, 0.6) is 0 Å². The second-order valence-corrected chi connectivity index (χ2v) is 8.74. The van der Waals surface area contributed by atoms with Gasteiger partial charge in [0.05, 0.1) is 10.6 Å². The second-order valence-electron chi connectivity index (χ2n) is 6.87. The molecule has 26 heavy (non-hydrogen) atoms. The maximum absolute atomic E-state index is 13.1. The van der Waals surface area contributed by atoms with Gasteiger partial charge in [0.2, 0.25) is 0 Å². The minimum Gasteiger partial charge on any atom is -0.369 e. The number of likely N-dealkylation sites (N-methyl/N-ethyl adjacent to an activating group) is 1. The first-order valence-corrected chi connectivity index (χ1v) is 10.7. The molecular weight excluding hydrogens is 346 g/mol. The number of hydrogen-bond acceptors (Lipinski definition) is 4. The molecule has 0 atom stereocenters. The van der Waals surface area contributed by atoms with Gasteiger partial charge in [-0.2, -0.15) is 0 Å². The van der Waals surface area contributed by atoms with Crippen LogP contribution in [0.1, 0.15) is 12.5 Å². The molecule has 0 saturated carbocycles. The van der Waals surface area contributed by atoms with E-state index in [1.165, 1.54) is 0 Å². The van der Waals surface area contributed by atoms with Crippen molar-refractivity contribution in [3.63, 3.8) is 0 Å². The Kier molecular flexibility index (Phi) is 4.63. The van der Waals surface area contributed by atoms with Gasteiger partial charge in [0.15, 0.2) is 0 Å². The fourth-order valence-electron chi connectivity index (χ4n) is 3.83. The quantitative estimate of drug-likeness (QED) is 0.829. The largest absolute Gasteiger partial charge is 0.369 e. The van der Waals surface area contributed by atoms with Crippen molar-refractivity contribution in [2.75, 3.05) is 48.5 Å². The molecule has 2 heterocycles. The predicted octanol–water partition coefficient (Wildman–Crippen LogP) is 2.58. The first-order chi connectivity index (χ1) is 12.6. The van der Waals surface area contributed by atoms with Gasteiger partial charge in [-0.15, -0.1) is 0 Å². The third-order valence-electron chi connectivity index (χ3n) is 5.44. The van der Waals surface area contributed by atoms with Gasteiger partial charge in [-0.25, -0.2) is 8.42 Å². The molecule has 0 amide bonds. The van der Waals surface area contributed by atoms with E-state index in [0.717, 1.165) is 56.1 Å². The van der Waals surface area contributed by atoms with Gasteiger partial charge in [0, 0.05) is 38.4 Å². The summed E-state index contributed by atoms with van der Waals surface area (Å²) >= 11 is 0. The van der Waals surface area contributed by atoms with Crippen LogP contribution in [-0.2, 0) is 16.4 Å². The van der Waals surface area contributed by atoms with E-state index in [2.05, 4.69) is 34.9 Å². The van der Waals surface area contributed by atoms with E-state index in [9.17, 15) is 8.42 Å². The molecule has 1 fully saturated rings. The fraction of sp³-hybridized carbons (Fsp3) is 0.400. The van der Waals surface area contributed by atoms with E-state index in [0.29, 0.717) is 11.4 Å². The van der Waals surface area contributed by atoms with E-state index in [4.69, 9.17) is 0 Å². The van der Waals surface area contributed by atoms with Crippen LogP contribution in [0.4, 0.5) is 11.4 Å². The molecule has 2 aliphatic heterocycles. The predicted molar refractivity (Wildman–Crippen MR) is 105 cm³/mol. The lowest BCUT2D eigenvalue weighted by atomic mass is 10.1. The average Bonchev–Trinajstić information content (AvgIpc) is 3.13. The Bertz CT molecular complexity index is 875. The Balaban J connectivity index is 1.63. The minimum atomic E-state index is -3.51. The Labute approximate surface area is 155 Å². The summed E-state index contributed by atoms with van der Waals surface area (Å²) in [5.74, 6) is 0. The van der Waals surface area contributed by atoms with E-state index in [1.54, 1.807) is 28.6 Å². The molecule has 5 nitrogen and oxygen atoms in total. The van der Waals surface area contributed by atoms with Gasteiger partial charge >= 0.3 is 0 Å². The van der Waals surface area contributed by atoms with Gasteiger partial charge in [0.1, 0.15) is 0 Å². The maximum Gasteiger partial charge on any atom is 0.264 e. The number of nitrogens with zero attached hydrogens (tertiary/aromatic N) is 3. The average molecular weight is 372 g/mol. The maximum atomic E-state index is 13.1. The van der Waals surface area contributed by atoms with E-state index in [-0.39, 0.29) is 0 Å². The topological polar surface area (TPSA) is 43.9 Å². The third kappa shape index (κ3) is 3.08. The van der Waals surface area contributed by atoms with Crippen LogP contribution in [-0.4, -0.2) is 52.6 Å². The lowest BCUT2D eigenvalue weighted by molar-refractivity contribution is 0.271. The van der Waals surface area contributed by atoms with Crippen LogP contribution in [0.25, 0.3) is 0 Å². The van der Waals surface area contributed by atoms with Crippen molar-refractivity contribution >= 4 is 21.4 Å². The molecule has 6 heteroatoms. The summed E-state index contributed by atoms with van der Waals surface area (Å²) in [5.41, 5.74) is 3.07. The molecule has 0 bridgehead atoms. The standard InChI is InChI=1S/C20H25N3O2S/c1-2-21-12-14-22(15-13-21)18-9-8-17-10-11-23(20(17)16-18)26(24,25)19-6-4-3-5-7-19/h3-9,16H,2,10-15H2,1H3. The number of anilines is 2. The lowest BCUT2D eigenvalue weighted by Gasteiger charge is -2.36. The van der Waals surface area contributed by atoms with Crippen molar-refractivity contribution < 1.29 is 8.42 Å². The molecule has 0 radical (unpaired) electrons. The number of benzene rings is 2.